The fraction of sp³-hybridized carbons (Fsp3) is 0.462. The van der Waals surface area contributed by atoms with E-state index in [4.69, 9.17) is 11.6 Å². The average molecular weight is 238 g/mol. The Morgan fingerprint density at radius 1 is 1.38 bits per heavy atom. The minimum Gasteiger partial charge on any atom is -0.211 e. The van der Waals surface area contributed by atoms with Crippen LogP contribution in [0.5, 0.6) is 0 Å². The van der Waals surface area contributed by atoms with Crippen molar-refractivity contribution in [3.8, 4) is 0 Å². The summed E-state index contributed by atoms with van der Waals surface area (Å²) in [5.41, 5.74) is 1.46. The van der Waals surface area contributed by atoms with Gasteiger partial charge >= 0.3 is 0 Å². The molecule has 0 bridgehead atoms. The van der Waals surface area contributed by atoms with Crippen molar-refractivity contribution in [2.24, 2.45) is 4.99 Å². The van der Waals surface area contributed by atoms with Gasteiger partial charge in [0.1, 0.15) is 0 Å². The van der Waals surface area contributed by atoms with Crippen LogP contribution in [0.4, 0.5) is 0 Å². The van der Waals surface area contributed by atoms with Crippen molar-refractivity contribution in [3.63, 3.8) is 0 Å². The first-order chi connectivity index (χ1) is 7.40. The van der Waals surface area contributed by atoms with E-state index in [2.05, 4.69) is 18.8 Å². The van der Waals surface area contributed by atoms with Gasteiger partial charge in [0.05, 0.1) is 5.54 Å². The number of halogens is 1. The Morgan fingerprint density at radius 3 is 2.50 bits per heavy atom. The number of aliphatic imine (C=N–C) groups is 1. The zero-order valence-corrected chi connectivity index (χ0v) is 10.8. The van der Waals surface area contributed by atoms with E-state index in [1.165, 1.54) is 0 Å². The molecule has 1 aromatic carbocycles. The molecule has 0 N–H and O–H groups in total. The highest BCUT2D eigenvalue weighted by molar-refractivity contribution is 6.31. The van der Waals surface area contributed by atoms with Gasteiger partial charge in [-0.05, 0) is 37.0 Å². The third kappa shape index (κ3) is 2.52. The third-order valence-corrected chi connectivity index (χ3v) is 2.94. The fourth-order valence-corrected chi connectivity index (χ4v) is 2.22. The standard InChI is InChI=1S/C13H16ClNO/c1-9(2)12-10(6-5-7-11(12)14)13(3,4)15-8-16/h5-7,9H,1-4H3. The Hall–Kier alpha value is -1.11. The number of hydrogen-bond donors (Lipinski definition) is 0. The quantitative estimate of drug-likeness (QED) is 0.576. The van der Waals surface area contributed by atoms with E-state index in [0.29, 0.717) is 5.92 Å². The lowest BCUT2D eigenvalue weighted by Gasteiger charge is -2.24. The van der Waals surface area contributed by atoms with E-state index in [0.717, 1.165) is 16.1 Å². The smallest absolute Gasteiger partial charge is 0.211 e. The van der Waals surface area contributed by atoms with E-state index < -0.39 is 5.54 Å². The molecule has 16 heavy (non-hydrogen) atoms. The predicted octanol–water partition coefficient (Wildman–Crippen LogP) is 4.03. The summed E-state index contributed by atoms with van der Waals surface area (Å²) < 4.78 is 0. The van der Waals surface area contributed by atoms with Crippen molar-refractivity contribution in [3.05, 3.63) is 34.3 Å². The van der Waals surface area contributed by atoms with Crippen molar-refractivity contribution in [1.29, 1.82) is 0 Å². The van der Waals surface area contributed by atoms with Gasteiger partial charge in [-0.2, -0.15) is 4.99 Å². The first kappa shape index (κ1) is 13.0. The van der Waals surface area contributed by atoms with E-state index in [-0.39, 0.29) is 0 Å². The maximum atomic E-state index is 10.4. The summed E-state index contributed by atoms with van der Waals surface area (Å²) in [5.74, 6) is 0.296. The Morgan fingerprint density at radius 2 is 2.00 bits per heavy atom. The van der Waals surface area contributed by atoms with Crippen LogP contribution in [0.15, 0.2) is 23.2 Å². The van der Waals surface area contributed by atoms with Crippen LogP contribution in [-0.4, -0.2) is 6.08 Å². The van der Waals surface area contributed by atoms with Gasteiger partial charge in [-0.15, -0.1) is 0 Å². The second kappa shape index (κ2) is 4.82. The van der Waals surface area contributed by atoms with Crippen LogP contribution in [0.2, 0.25) is 5.02 Å². The lowest BCUT2D eigenvalue weighted by Crippen LogP contribution is -2.17. The van der Waals surface area contributed by atoms with Gasteiger partial charge < -0.3 is 0 Å². The van der Waals surface area contributed by atoms with Gasteiger partial charge in [0, 0.05) is 5.02 Å². The van der Waals surface area contributed by atoms with Crippen LogP contribution in [-0.2, 0) is 10.3 Å². The molecule has 0 spiro atoms. The van der Waals surface area contributed by atoms with Crippen LogP contribution in [0.25, 0.3) is 0 Å². The first-order valence-corrected chi connectivity index (χ1v) is 5.66. The molecule has 1 rings (SSSR count). The molecule has 86 valence electrons. The summed E-state index contributed by atoms with van der Waals surface area (Å²) in [4.78, 5) is 14.3. The highest BCUT2D eigenvalue weighted by atomic mass is 35.5. The Labute approximate surface area is 101 Å². The maximum absolute atomic E-state index is 10.4. The van der Waals surface area contributed by atoms with Crippen molar-refractivity contribution in [2.75, 3.05) is 0 Å². The second-order valence-corrected chi connectivity index (χ2v) is 5.03. The van der Waals surface area contributed by atoms with E-state index in [1.54, 1.807) is 6.08 Å². The highest BCUT2D eigenvalue weighted by Crippen LogP contribution is 2.35. The number of hydrogen-bond acceptors (Lipinski definition) is 2. The normalized spacial score (nSPS) is 11.4. The van der Waals surface area contributed by atoms with Gasteiger partial charge in [-0.3, -0.25) is 0 Å². The predicted molar refractivity (Wildman–Crippen MR) is 66.7 cm³/mol. The molecule has 0 saturated heterocycles. The molecule has 2 nitrogen and oxygen atoms in total. The lowest BCUT2D eigenvalue weighted by molar-refractivity contribution is 0.517. The number of isocyanates is 1. The Kier molecular flexibility index (Phi) is 3.90. The van der Waals surface area contributed by atoms with Crippen molar-refractivity contribution in [1.82, 2.24) is 0 Å². The molecule has 0 atom stereocenters. The van der Waals surface area contributed by atoms with Crippen LogP contribution >= 0.6 is 11.6 Å². The third-order valence-electron chi connectivity index (χ3n) is 2.61. The molecule has 0 aromatic heterocycles. The van der Waals surface area contributed by atoms with E-state index in [1.807, 2.05) is 32.0 Å². The van der Waals surface area contributed by atoms with Gasteiger partial charge in [-0.1, -0.05) is 37.6 Å². The molecular formula is C13H16ClNO. The molecule has 0 fully saturated rings. The number of benzene rings is 1. The fourth-order valence-electron chi connectivity index (χ4n) is 1.83. The van der Waals surface area contributed by atoms with Gasteiger partial charge in [0.2, 0.25) is 6.08 Å². The van der Waals surface area contributed by atoms with Crippen LogP contribution < -0.4 is 0 Å². The van der Waals surface area contributed by atoms with Crippen LogP contribution in [0.3, 0.4) is 0 Å². The first-order valence-electron chi connectivity index (χ1n) is 5.28. The largest absolute Gasteiger partial charge is 0.235 e. The van der Waals surface area contributed by atoms with Crippen molar-refractivity contribution >= 4 is 17.7 Å². The number of rotatable bonds is 3. The van der Waals surface area contributed by atoms with E-state index in [9.17, 15) is 4.79 Å². The molecule has 0 aliphatic heterocycles. The van der Waals surface area contributed by atoms with Gasteiger partial charge in [0.15, 0.2) is 0 Å². The molecular weight excluding hydrogens is 222 g/mol. The summed E-state index contributed by atoms with van der Waals surface area (Å²) in [5, 5.41) is 0.724. The molecule has 1 aromatic rings. The molecule has 0 amide bonds. The lowest BCUT2D eigenvalue weighted by atomic mass is 9.86. The zero-order valence-electron chi connectivity index (χ0n) is 10.0. The van der Waals surface area contributed by atoms with Gasteiger partial charge in [0.25, 0.3) is 0 Å². The molecule has 3 heteroatoms. The molecule has 0 aliphatic carbocycles. The molecule has 0 heterocycles. The highest BCUT2D eigenvalue weighted by Gasteiger charge is 2.25. The molecule has 0 radical (unpaired) electrons. The van der Waals surface area contributed by atoms with Crippen LogP contribution in [0, 0.1) is 0 Å². The molecule has 0 unspecified atom stereocenters. The summed E-state index contributed by atoms with van der Waals surface area (Å²) >= 11 is 6.19. The minimum atomic E-state index is -0.577. The number of nitrogens with zero attached hydrogens (tertiary/aromatic N) is 1. The maximum Gasteiger partial charge on any atom is 0.235 e. The van der Waals surface area contributed by atoms with Crippen LogP contribution in [0.1, 0.15) is 44.7 Å². The van der Waals surface area contributed by atoms with E-state index >= 15 is 0 Å². The number of carbonyl (C=O) groups excluding carboxylic acids is 1. The minimum absolute atomic E-state index is 0.296. The summed E-state index contributed by atoms with van der Waals surface area (Å²) in [7, 11) is 0. The second-order valence-electron chi connectivity index (χ2n) is 4.62. The Balaban J connectivity index is 3.44. The molecule has 0 saturated carbocycles. The summed E-state index contributed by atoms with van der Waals surface area (Å²) in [6.07, 6.45) is 1.62. The summed E-state index contributed by atoms with van der Waals surface area (Å²) in [6, 6.07) is 5.70. The monoisotopic (exact) mass is 237 g/mol. The summed E-state index contributed by atoms with van der Waals surface area (Å²) in [6.45, 7) is 7.92. The van der Waals surface area contributed by atoms with Crippen molar-refractivity contribution in [2.45, 2.75) is 39.2 Å². The van der Waals surface area contributed by atoms with Crippen molar-refractivity contribution < 1.29 is 4.79 Å². The van der Waals surface area contributed by atoms with Gasteiger partial charge in [-0.25, -0.2) is 4.79 Å². The average Bonchev–Trinajstić information content (AvgIpc) is 2.16. The SMILES string of the molecule is CC(C)c1c(Cl)cccc1C(C)(C)N=C=O. The Bertz CT molecular complexity index is 432. The molecule has 0 aliphatic rings. The zero-order chi connectivity index (χ0) is 12.3. The topological polar surface area (TPSA) is 29.4 Å².